The fraction of sp³-hybridized carbons (Fsp3) is 0.484. The maximum atomic E-state index is 13.9. The molecule has 1 amide bonds. The number of carbonyl (C=O) groups excluding carboxylic acids is 3. The maximum Gasteiger partial charge on any atom is 0.339 e. The molecule has 4 N–H and O–H groups in total. The van der Waals surface area contributed by atoms with Crippen molar-refractivity contribution in [1.82, 2.24) is 0 Å². The van der Waals surface area contributed by atoms with Gasteiger partial charge in [0.1, 0.15) is 34.4 Å². The number of phenols is 2. The second-order valence-corrected chi connectivity index (χ2v) is 14.0. The number of nitrogens with one attached hydrogen (secondary N) is 1. The number of thioether (sulfide) groups is 1. The highest BCUT2D eigenvalue weighted by Gasteiger charge is 2.75. The smallest absolute Gasteiger partial charge is 0.339 e. The van der Waals surface area contributed by atoms with Crippen LogP contribution in [0, 0.1) is 34.3 Å². The van der Waals surface area contributed by atoms with Gasteiger partial charge in [-0.1, -0.05) is 18.7 Å². The molecule has 0 aromatic heterocycles. The molecule has 7 rings (SSSR count). The SMILES string of the molecule is C[C@]12C[C@]34C[C@@H]1C[C@H](O2)[C@H]3[C@](C)(CCC(=O)Nc1c(O)ccc(C(=O)O)c1O)C(=O)C[C@@H]4SC(=O)c1cc(F)cc(F)c1. The molecular formula is C31H31F2NO8S. The molecule has 4 bridgehead atoms. The highest BCUT2D eigenvalue weighted by molar-refractivity contribution is 8.14. The van der Waals surface area contributed by atoms with E-state index in [1.807, 2.05) is 6.92 Å². The minimum Gasteiger partial charge on any atom is -0.506 e. The molecule has 2 aromatic carbocycles. The van der Waals surface area contributed by atoms with Gasteiger partial charge in [-0.25, -0.2) is 13.6 Å². The summed E-state index contributed by atoms with van der Waals surface area (Å²) >= 11 is 0.954. The van der Waals surface area contributed by atoms with Crippen molar-refractivity contribution in [2.24, 2.45) is 22.7 Å². The molecule has 3 saturated carbocycles. The van der Waals surface area contributed by atoms with Crippen LogP contribution in [0.15, 0.2) is 30.3 Å². The lowest BCUT2D eigenvalue weighted by Gasteiger charge is -2.60. The molecule has 3 aliphatic carbocycles. The number of ether oxygens (including phenoxy) is 1. The highest BCUT2D eigenvalue weighted by Crippen LogP contribution is 2.74. The van der Waals surface area contributed by atoms with Gasteiger partial charge in [-0.2, -0.15) is 0 Å². The van der Waals surface area contributed by atoms with E-state index in [2.05, 4.69) is 12.2 Å². The molecule has 0 unspecified atom stereocenters. The number of halogens is 2. The van der Waals surface area contributed by atoms with E-state index < -0.39 is 73.1 Å². The fourth-order valence-electron chi connectivity index (χ4n) is 8.54. The summed E-state index contributed by atoms with van der Waals surface area (Å²) < 4.78 is 34.3. The number of hydrogen-bond acceptors (Lipinski definition) is 8. The van der Waals surface area contributed by atoms with Gasteiger partial charge in [-0.05, 0) is 68.2 Å². The van der Waals surface area contributed by atoms with Crippen LogP contribution in [0.5, 0.6) is 11.5 Å². The largest absolute Gasteiger partial charge is 0.506 e. The highest BCUT2D eigenvalue weighted by atomic mass is 32.2. The zero-order valence-corrected chi connectivity index (χ0v) is 24.3. The van der Waals surface area contributed by atoms with Crippen molar-refractivity contribution in [3.63, 3.8) is 0 Å². The van der Waals surface area contributed by atoms with Crippen molar-refractivity contribution >= 4 is 40.2 Å². The number of benzene rings is 2. The number of ketones is 1. The van der Waals surface area contributed by atoms with Crippen molar-refractivity contribution in [2.75, 3.05) is 5.32 Å². The summed E-state index contributed by atoms with van der Waals surface area (Å²) in [6.07, 6.45) is 1.82. The van der Waals surface area contributed by atoms with E-state index in [1.54, 1.807) is 0 Å². The first-order chi connectivity index (χ1) is 20.2. The van der Waals surface area contributed by atoms with Crippen molar-refractivity contribution in [3.05, 3.63) is 53.1 Å². The van der Waals surface area contributed by atoms with E-state index >= 15 is 0 Å². The number of amides is 1. The molecule has 5 fully saturated rings. The first kappa shape index (κ1) is 29.6. The molecule has 43 heavy (non-hydrogen) atoms. The second kappa shape index (κ2) is 10.0. The van der Waals surface area contributed by atoms with Crippen LogP contribution in [0.25, 0.3) is 0 Å². The van der Waals surface area contributed by atoms with Gasteiger partial charge >= 0.3 is 5.97 Å². The van der Waals surface area contributed by atoms with Crippen molar-refractivity contribution in [2.45, 2.75) is 69.3 Å². The van der Waals surface area contributed by atoms with E-state index in [-0.39, 0.29) is 48.5 Å². The van der Waals surface area contributed by atoms with E-state index in [0.29, 0.717) is 12.5 Å². The maximum absolute atomic E-state index is 13.9. The van der Waals surface area contributed by atoms with Crippen LogP contribution in [0.2, 0.25) is 0 Å². The summed E-state index contributed by atoms with van der Waals surface area (Å²) in [5.74, 6) is -5.29. The molecule has 2 heterocycles. The van der Waals surface area contributed by atoms with Gasteiger partial charge in [-0.3, -0.25) is 14.4 Å². The Balaban J connectivity index is 1.26. The topological polar surface area (TPSA) is 150 Å². The number of aromatic carboxylic acids is 1. The van der Waals surface area contributed by atoms with Crippen LogP contribution in [0.3, 0.4) is 0 Å². The molecule has 2 aliphatic heterocycles. The third-order valence-corrected chi connectivity index (χ3v) is 11.7. The van der Waals surface area contributed by atoms with Crippen LogP contribution >= 0.6 is 11.8 Å². The Labute approximate surface area is 250 Å². The second-order valence-electron chi connectivity index (χ2n) is 12.8. The number of rotatable bonds is 7. The number of carboxylic acid groups (broad SMARTS) is 1. The summed E-state index contributed by atoms with van der Waals surface area (Å²) in [7, 11) is 0. The first-order valence-corrected chi connectivity index (χ1v) is 15.0. The molecule has 1 spiro atoms. The van der Waals surface area contributed by atoms with Gasteiger partial charge in [0.2, 0.25) is 11.0 Å². The van der Waals surface area contributed by atoms with Crippen LogP contribution in [-0.4, -0.2) is 55.0 Å². The Morgan fingerprint density at radius 2 is 1.81 bits per heavy atom. The number of carboxylic acids is 1. The van der Waals surface area contributed by atoms with Crippen LogP contribution in [0.4, 0.5) is 14.5 Å². The van der Waals surface area contributed by atoms with Crippen molar-refractivity contribution in [3.8, 4) is 11.5 Å². The number of anilines is 1. The van der Waals surface area contributed by atoms with Crippen molar-refractivity contribution in [1.29, 1.82) is 0 Å². The number of hydrogen-bond donors (Lipinski definition) is 4. The molecule has 228 valence electrons. The number of aromatic hydroxyl groups is 2. The molecule has 9 nitrogen and oxygen atoms in total. The van der Waals surface area contributed by atoms with E-state index in [1.165, 1.54) is 0 Å². The monoisotopic (exact) mass is 615 g/mol. The minimum atomic E-state index is -1.44. The molecule has 2 saturated heterocycles. The lowest BCUT2D eigenvalue weighted by molar-refractivity contribution is -0.189. The molecule has 2 aromatic rings. The summed E-state index contributed by atoms with van der Waals surface area (Å²) in [5.41, 5.74) is -2.91. The van der Waals surface area contributed by atoms with Gasteiger partial charge in [0.15, 0.2) is 5.75 Å². The average Bonchev–Trinajstić information content (AvgIpc) is 3.29. The number of phenolic OH excluding ortho intramolecular Hbond substituents is 1. The Morgan fingerprint density at radius 1 is 1.12 bits per heavy atom. The van der Waals surface area contributed by atoms with Gasteiger partial charge < -0.3 is 25.4 Å². The normalized spacial score (nSPS) is 33.8. The molecule has 7 atom stereocenters. The Bertz CT molecular complexity index is 1560. The predicted molar refractivity (Wildman–Crippen MR) is 151 cm³/mol. The standard InChI is InChI=1S/C31H31F2NO8S/c1-29(6-5-23(37)34-24-19(35)4-3-18(25(24)38)27(39)40)21(36)11-22(43-28(41)14-7-16(32)10-17(33)8-14)31-12-15-9-20(26(29)31)42-30(15,2)13-31/h3-4,7-8,10,15,20,22,26,35,38H,5-6,9,11-13H2,1-2H3,(H,34,37)(H,39,40)/t15-,20-,22-,26-,29+,30-,31-/m0/s1. The number of Topliss-reactive ketones (excluding diaryl/α,β-unsaturated/α-hetero) is 1. The summed E-state index contributed by atoms with van der Waals surface area (Å²) in [6, 6.07) is 4.74. The average molecular weight is 616 g/mol. The van der Waals surface area contributed by atoms with Gasteiger partial charge in [0.05, 0.1) is 11.7 Å². The third kappa shape index (κ3) is 4.61. The van der Waals surface area contributed by atoms with Gasteiger partial charge in [-0.15, -0.1) is 0 Å². The van der Waals surface area contributed by atoms with Crippen molar-refractivity contribution < 1.29 is 48.0 Å². The molecule has 5 aliphatic rings. The fourth-order valence-corrected chi connectivity index (χ4v) is 9.85. The van der Waals surface area contributed by atoms with Gasteiger partial charge in [0.25, 0.3) is 0 Å². The first-order valence-electron chi connectivity index (χ1n) is 14.1. The number of carbonyl (C=O) groups is 4. The lowest BCUT2D eigenvalue weighted by atomic mass is 9.48. The van der Waals surface area contributed by atoms with E-state index in [9.17, 15) is 43.3 Å². The quantitative estimate of drug-likeness (QED) is 0.305. The summed E-state index contributed by atoms with van der Waals surface area (Å²) in [5, 5.41) is 31.2. The van der Waals surface area contributed by atoms with Crippen LogP contribution in [-0.2, 0) is 14.3 Å². The zero-order valence-electron chi connectivity index (χ0n) is 23.5. The summed E-state index contributed by atoms with van der Waals surface area (Å²) in [4.78, 5) is 51.6. The zero-order chi connectivity index (χ0) is 31.1. The Kier molecular flexibility index (Phi) is 6.89. The predicted octanol–water partition coefficient (Wildman–Crippen LogP) is 5.29. The lowest BCUT2D eigenvalue weighted by Crippen LogP contribution is -2.63. The molecule has 12 heteroatoms. The van der Waals surface area contributed by atoms with E-state index in [0.717, 1.165) is 48.9 Å². The van der Waals surface area contributed by atoms with Crippen LogP contribution < -0.4 is 5.32 Å². The third-order valence-electron chi connectivity index (χ3n) is 10.3. The Morgan fingerprint density at radius 3 is 2.47 bits per heavy atom. The van der Waals surface area contributed by atoms with E-state index in [4.69, 9.17) is 4.74 Å². The molecular weight excluding hydrogens is 584 g/mol. The minimum absolute atomic E-state index is 0.0422. The van der Waals surface area contributed by atoms with Crippen LogP contribution in [0.1, 0.15) is 73.1 Å². The van der Waals surface area contributed by atoms with Gasteiger partial charge in [0, 0.05) is 41.1 Å². The Hall–Kier alpha value is -3.51. The summed E-state index contributed by atoms with van der Waals surface area (Å²) in [6.45, 7) is 3.87. The molecule has 0 radical (unpaired) electrons.